The zero-order chi connectivity index (χ0) is 13.5. The van der Waals surface area contributed by atoms with E-state index in [1.807, 2.05) is 25.8 Å². The Hall–Kier alpha value is -1.95. The number of H-pyrrole nitrogens is 1. The molecule has 0 aliphatic carbocycles. The van der Waals surface area contributed by atoms with Crippen LogP contribution in [0.5, 0.6) is 0 Å². The lowest BCUT2D eigenvalue weighted by molar-refractivity contribution is 0.216. The highest BCUT2D eigenvalue weighted by atomic mass is 16.4. The number of aliphatic hydroxyl groups excluding tert-OH is 1. The third-order valence-corrected chi connectivity index (χ3v) is 3.22. The molecule has 0 radical (unpaired) electrons. The van der Waals surface area contributed by atoms with Crippen LogP contribution < -0.4 is 16.4 Å². The number of rotatable bonds is 3. The number of aromatic nitrogens is 1. The van der Waals surface area contributed by atoms with E-state index in [9.17, 15) is 9.90 Å². The molecular formula is C12H17N3O3. The van der Waals surface area contributed by atoms with Crippen LogP contribution in [0.4, 0.5) is 11.4 Å². The van der Waals surface area contributed by atoms with Gasteiger partial charge < -0.3 is 20.2 Å². The summed E-state index contributed by atoms with van der Waals surface area (Å²) in [4.78, 5) is 15.6. The minimum Gasteiger partial charge on any atom is -0.408 e. The van der Waals surface area contributed by atoms with E-state index in [0.717, 1.165) is 5.69 Å². The number of likely N-dealkylation sites (N-methyl/N-ethyl adjacent to an activating group) is 1. The van der Waals surface area contributed by atoms with Crippen LogP contribution in [-0.4, -0.2) is 29.3 Å². The average Bonchev–Trinajstić information content (AvgIpc) is 2.66. The van der Waals surface area contributed by atoms with Gasteiger partial charge in [-0.25, -0.2) is 4.79 Å². The van der Waals surface area contributed by atoms with E-state index in [4.69, 9.17) is 10.2 Å². The number of hydrogen-bond acceptors (Lipinski definition) is 5. The Labute approximate surface area is 104 Å². The molecule has 1 heterocycles. The Balaban J connectivity index is 2.57. The van der Waals surface area contributed by atoms with Gasteiger partial charge in [0, 0.05) is 13.1 Å². The molecule has 2 rings (SSSR count). The number of benzene rings is 1. The molecule has 1 aromatic heterocycles. The number of nitrogens with zero attached hydrogens (tertiary/aromatic N) is 1. The largest absolute Gasteiger partial charge is 0.417 e. The summed E-state index contributed by atoms with van der Waals surface area (Å²) in [6.07, 6.45) is 0. The summed E-state index contributed by atoms with van der Waals surface area (Å²) in [6, 6.07) is 3.35. The lowest BCUT2D eigenvalue weighted by Gasteiger charge is -2.36. The fourth-order valence-corrected chi connectivity index (χ4v) is 1.72. The molecule has 0 amide bonds. The maximum absolute atomic E-state index is 11.1. The van der Waals surface area contributed by atoms with Crippen molar-refractivity contribution >= 4 is 22.5 Å². The van der Waals surface area contributed by atoms with Crippen molar-refractivity contribution in [2.24, 2.45) is 0 Å². The van der Waals surface area contributed by atoms with Crippen LogP contribution in [0.25, 0.3) is 11.1 Å². The smallest absolute Gasteiger partial charge is 0.408 e. The molecule has 4 N–H and O–H groups in total. The van der Waals surface area contributed by atoms with Gasteiger partial charge in [0.15, 0.2) is 5.58 Å². The number of aromatic amines is 1. The van der Waals surface area contributed by atoms with E-state index in [2.05, 4.69) is 4.98 Å². The van der Waals surface area contributed by atoms with Crippen LogP contribution in [0.15, 0.2) is 21.3 Å². The molecule has 2 aromatic rings. The van der Waals surface area contributed by atoms with Crippen LogP contribution in [-0.2, 0) is 0 Å². The lowest BCUT2D eigenvalue weighted by atomic mass is 10.0. The van der Waals surface area contributed by atoms with E-state index in [1.165, 1.54) is 0 Å². The van der Waals surface area contributed by atoms with Crippen molar-refractivity contribution < 1.29 is 9.52 Å². The molecule has 18 heavy (non-hydrogen) atoms. The van der Waals surface area contributed by atoms with E-state index >= 15 is 0 Å². The van der Waals surface area contributed by atoms with Crippen molar-refractivity contribution in [2.45, 2.75) is 19.4 Å². The molecule has 0 atom stereocenters. The molecule has 0 saturated heterocycles. The van der Waals surface area contributed by atoms with Gasteiger partial charge in [0.05, 0.1) is 29.0 Å². The van der Waals surface area contributed by atoms with Gasteiger partial charge in [-0.2, -0.15) is 0 Å². The molecule has 6 nitrogen and oxygen atoms in total. The maximum Gasteiger partial charge on any atom is 0.417 e. The van der Waals surface area contributed by atoms with Crippen molar-refractivity contribution in [1.29, 1.82) is 0 Å². The standard InChI is InChI=1S/C12H17N3O3/c1-12(2,6-16)15(3)9-5-8-10(4-7(9)13)18-11(17)14-8/h4-5,16H,6,13H2,1-3H3,(H,14,17). The molecule has 0 fully saturated rings. The second-order valence-electron chi connectivity index (χ2n) is 4.95. The Morgan fingerprint density at radius 3 is 2.78 bits per heavy atom. The highest BCUT2D eigenvalue weighted by molar-refractivity contribution is 5.85. The van der Waals surface area contributed by atoms with E-state index in [-0.39, 0.29) is 6.61 Å². The number of nitrogen functional groups attached to an aromatic ring is 1. The lowest BCUT2D eigenvalue weighted by Crippen LogP contribution is -2.44. The zero-order valence-corrected chi connectivity index (χ0v) is 10.7. The summed E-state index contributed by atoms with van der Waals surface area (Å²) in [7, 11) is 1.84. The molecule has 0 saturated carbocycles. The summed E-state index contributed by atoms with van der Waals surface area (Å²) in [6.45, 7) is 3.78. The van der Waals surface area contributed by atoms with Crippen LogP contribution in [0.1, 0.15) is 13.8 Å². The minimum absolute atomic E-state index is 0.0110. The molecule has 0 unspecified atom stereocenters. The van der Waals surface area contributed by atoms with E-state index in [1.54, 1.807) is 12.1 Å². The van der Waals surface area contributed by atoms with Gasteiger partial charge in [-0.05, 0) is 19.9 Å². The first-order chi connectivity index (χ1) is 8.35. The molecule has 6 heteroatoms. The number of anilines is 2. The summed E-state index contributed by atoms with van der Waals surface area (Å²) in [5.74, 6) is -0.509. The summed E-state index contributed by atoms with van der Waals surface area (Å²) in [5.41, 5.74) is 7.74. The predicted molar refractivity (Wildman–Crippen MR) is 70.8 cm³/mol. The minimum atomic E-state index is -0.509. The second kappa shape index (κ2) is 4.06. The van der Waals surface area contributed by atoms with Gasteiger partial charge in [0.25, 0.3) is 0 Å². The molecular weight excluding hydrogens is 234 g/mol. The first kappa shape index (κ1) is 12.5. The number of oxazole rings is 1. The summed E-state index contributed by atoms with van der Waals surface area (Å²) >= 11 is 0. The van der Waals surface area contributed by atoms with Gasteiger partial charge in [-0.1, -0.05) is 0 Å². The highest BCUT2D eigenvalue weighted by Crippen LogP contribution is 2.31. The average molecular weight is 251 g/mol. The fraction of sp³-hybridized carbons (Fsp3) is 0.417. The predicted octanol–water partition coefficient (Wildman–Crippen LogP) is 0.910. The second-order valence-corrected chi connectivity index (χ2v) is 4.95. The molecule has 98 valence electrons. The third-order valence-electron chi connectivity index (χ3n) is 3.22. The van der Waals surface area contributed by atoms with Gasteiger partial charge in [0.1, 0.15) is 0 Å². The van der Waals surface area contributed by atoms with Gasteiger partial charge >= 0.3 is 5.76 Å². The summed E-state index contributed by atoms with van der Waals surface area (Å²) < 4.78 is 4.94. The maximum atomic E-state index is 11.1. The first-order valence-electron chi connectivity index (χ1n) is 5.62. The van der Waals surface area contributed by atoms with Crippen molar-refractivity contribution in [3.05, 3.63) is 22.7 Å². The Bertz CT molecular complexity index is 627. The normalized spacial score (nSPS) is 12.0. The van der Waals surface area contributed by atoms with Gasteiger partial charge in [-0.3, -0.25) is 4.98 Å². The number of nitrogens with one attached hydrogen (secondary N) is 1. The number of hydrogen-bond donors (Lipinski definition) is 3. The van der Waals surface area contributed by atoms with Gasteiger partial charge in [-0.15, -0.1) is 0 Å². The molecule has 0 aliphatic rings. The highest BCUT2D eigenvalue weighted by Gasteiger charge is 2.24. The van der Waals surface area contributed by atoms with Crippen molar-refractivity contribution in [2.75, 3.05) is 24.3 Å². The molecule has 0 bridgehead atoms. The van der Waals surface area contributed by atoms with Gasteiger partial charge in [0.2, 0.25) is 0 Å². The Morgan fingerprint density at radius 2 is 2.17 bits per heavy atom. The Kier molecular flexibility index (Phi) is 2.82. The third kappa shape index (κ3) is 1.95. The summed E-state index contributed by atoms with van der Waals surface area (Å²) in [5, 5.41) is 9.38. The SMILES string of the molecule is CN(c1cc2[nH]c(=O)oc2cc1N)C(C)(C)CO. The Morgan fingerprint density at radius 1 is 1.50 bits per heavy atom. The van der Waals surface area contributed by atoms with Crippen molar-refractivity contribution in [3.63, 3.8) is 0 Å². The molecule has 0 spiro atoms. The first-order valence-corrected chi connectivity index (χ1v) is 5.62. The van der Waals surface area contributed by atoms with E-state index in [0.29, 0.717) is 16.8 Å². The van der Waals surface area contributed by atoms with Crippen LogP contribution in [0, 0.1) is 0 Å². The number of aliphatic hydroxyl groups is 1. The topological polar surface area (TPSA) is 95.5 Å². The van der Waals surface area contributed by atoms with Crippen LogP contribution >= 0.6 is 0 Å². The number of fused-ring (bicyclic) bond motifs is 1. The fourth-order valence-electron chi connectivity index (χ4n) is 1.72. The van der Waals surface area contributed by atoms with Crippen molar-refractivity contribution in [3.8, 4) is 0 Å². The molecule has 0 aliphatic heterocycles. The number of nitrogens with two attached hydrogens (primary N) is 1. The van der Waals surface area contributed by atoms with E-state index < -0.39 is 11.3 Å². The zero-order valence-electron chi connectivity index (χ0n) is 10.7. The van der Waals surface area contributed by atoms with Crippen molar-refractivity contribution in [1.82, 2.24) is 4.98 Å². The quantitative estimate of drug-likeness (QED) is 0.705. The molecule has 1 aromatic carbocycles. The van der Waals surface area contributed by atoms with Crippen LogP contribution in [0.3, 0.4) is 0 Å². The monoisotopic (exact) mass is 251 g/mol. The van der Waals surface area contributed by atoms with Crippen LogP contribution in [0.2, 0.25) is 0 Å².